The molecule has 1 unspecified atom stereocenters. The largest absolute Gasteiger partial charge is 0.350 e. The molecule has 0 saturated heterocycles. The molecule has 0 saturated carbocycles. The normalized spacial score (nSPS) is 12.4. The third-order valence-corrected chi connectivity index (χ3v) is 6.28. The molecule has 0 spiro atoms. The topological polar surface area (TPSA) is 105 Å². The smallest absolute Gasteiger partial charge is 0.266 e. The van der Waals surface area contributed by atoms with Crippen LogP contribution >= 0.6 is 11.6 Å². The average Bonchev–Trinajstić information content (AvgIpc) is 2.71. The van der Waals surface area contributed by atoms with E-state index >= 15 is 0 Å². The van der Waals surface area contributed by atoms with Crippen molar-refractivity contribution in [2.75, 3.05) is 14.2 Å². The van der Waals surface area contributed by atoms with Crippen molar-refractivity contribution in [3.63, 3.8) is 0 Å². The molecule has 0 aliphatic rings. The molecule has 8 nitrogen and oxygen atoms in total. The van der Waals surface area contributed by atoms with E-state index in [9.17, 15) is 18.0 Å². The molecule has 0 heterocycles. The van der Waals surface area contributed by atoms with Crippen LogP contribution in [0.5, 0.6) is 0 Å². The van der Waals surface area contributed by atoms with Crippen LogP contribution in [0, 0.1) is 0 Å². The molecule has 2 N–H and O–H groups in total. The molecule has 2 aromatic carbocycles. The lowest BCUT2D eigenvalue weighted by atomic mass is 10.2. The third kappa shape index (κ3) is 5.77. The lowest BCUT2D eigenvalue weighted by molar-refractivity contribution is -0.122. The van der Waals surface area contributed by atoms with E-state index in [2.05, 4.69) is 10.6 Å². The van der Waals surface area contributed by atoms with Crippen LogP contribution in [0.4, 0.5) is 0 Å². The maximum absolute atomic E-state index is 12.5. The highest BCUT2D eigenvalue weighted by Crippen LogP contribution is 2.25. The van der Waals surface area contributed by atoms with Crippen LogP contribution in [0.2, 0.25) is 5.02 Å². The number of carbonyl (C=O) groups is 2. The molecule has 0 aromatic heterocycles. The van der Waals surface area contributed by atoms with Gasteiger partial charge in [-0.15, -0.1) is 0 Å². The van der Waals surface area contributed by atoms with Gasteiger partial charge in [0.15, 0.2) is 0 Å². The Morgan fingerprint density at radius 3 is 2.45 bits per heavy atom. The van der Waals surface area contributed by atoms with Gasteiger partial charge in [0.1, 0.15) is 10.9 Å². The summed E-state index contributed by atoms with van der Waals surface area (Å²) in [5.74, 6) is -0.983. The summed E-state index contributed by atoms with van der Waals surface area (Å²) in [6.45, 7) is 1.86. The number of rotatable bonds is 8. The molecule has 0 bridgehead atoms. The number of sulfonamides is 1. The molecule has 156 valence electrons. The Morgan fingerprint density at radius 1 is 1.17 bits per heavy atom. The van der Waals surface area contributed by atoms with Gasteiger partial charge in [-0.25, -0.2) is 8.42 Å². The van der Waals surface area contributed by atoms with E-state index in [4.69, 9.17) is 16.4 Å². The summed E-state index contributed by atoms with van der Waals surface area (Å²) in [6, 6.07) is 12.3. The first-order chi connectivity index (χ1) is 13.7. The first kappa shape index (κ1) is 22.8. The van der Waals surface area contributed by atoms with Crippen molar-refractivity contribution >= 4 is 33.4 Å². The molecule has 1 atom stereocenters. The highest BCUT2D eigenvalue weighted by Gasteiger charge is 2.26. The maximum atomic E-state index is 12.5. The highest BCUT2D eigenvalue weighted by atomic mass is 35.5. The third-order valence-electron chi connectivity index (χ3n) is 4.12. The Bertz CT molecular complexity index is 983. The first-order valence-corrected chi connectivity index (χ1v) is 10.4. The van der Waals surface area contributed by atoms with Crippen molar-refractivity contribution in [2.45, 2.75) is 24.4 Å². The van der Waals surface area contributed by atoms with E-state index in [0.29, 0.717) is 11.0 Å². The molecule has 10 heteroatoms. The van der Waals surface area contributed by atoms with Crippen molar-refractivity contribution in [1.82, 2.24) is 15.1 Å². The number of carbonyl (C=O) groups excluding carboxylic acids is 2. The summed E-state index contributed by atoms with van der Waals surface area (Å²) >= 11 is 5.98. The fourth-order valence-electron chi connectivity index (χ4n) is 2.36. The van der Waals surface area contributed by atoms with Gasteiger partial charge >= 0.3 is 0 Å². The highest BCUT2D eigenvalue weighted by molar-refractivity contribution is 7.89. The lowest BCUT2D eigenvalue weighted by Gasteiger charge is -2.17. The summed E-state index contributed by atoms with van der Waals surface area (Å²) < 4.78 is 25.5. The van der Waals surface area contributed by atoms with Gasteiger partial charge in [-0.2, -0.15) is 0 Å². The summed E-state index contributed by atoms with van der Waals surface area (Å²) in [4.78, 5) is 29.2. The van der Waals surface area contributed by atoms with Crippen LogP contribution < -0.4 is 10.6 Å². The number of nitrogens with one attached hydrogen (secondary N) is 2. The van der Waals surface area contributed by atoms with Crippen molar-refractivity contribution in [3.8, 4) is 0 Å². The number of hydrogen-bond acceptors (Lipinski definition) is 5. The van der Waals surface area contributed by atoms with E-state index in [0.717, 1.165) is 11.6 Å². The van der Waals surface area contributed by atoms with Crippen molar-refractivity contribution < 1.29 is 22.8 Å². The van der Waals surface area contributed by atoms with Crippen molar-refractivity contribution in [3.05, 3.63) is 64.7 Å². The second-order valence-corrected chi connectivity index (χ2v) is 8.45. The van der Waals surface area contributed by atoms with Gasteiger partial charge in [0.05, 0.1) is 12.1 Å². The van der Waals surface area contributed by atoms with Crippen LogP contribution in [0.15, 0.2) is 53.4 Å². The van der Waals surface area contributed by atoms with Gasteiger partial charge in [0.25, 0.3) is 15.9 Å². The van der Waals surface area contributed by atoms with Gasteiger partial charge in [0.2, 0.25) is 5.91 Å². The fraction of sp³-hybridized carbons (Fsp3) is 0.263. The average molecular weight is 440 g/mol. The predicted molar refractivity (Wildman–Crippen MR) is 109 cm³/mol. The summed E-state index contributed by atoms with van der Waals surface area (Å²) in [5.41, 5.74) is 0.967. The number of halogens is 1. The van der Waals surface area contributed by atoms with Crippen LogP contribution in [-0.2, 0) is 26.2 Å². The first-order valence-electron chi connectivity index (χ1n) is 8.62. The van der Waals surface area contributed by atoms with Gasteiger partial charge in [-0.1, -0.05) is 46.4 Å². The van der Waals surface area contributed by atoms with Crippen LogP contribution in [-0.4, -0.2) is 44.9 Å². The zero-order chi connectivity index (χ0) is 21.6. The van der Waals surface area contributed by atoms with Crippen LogP contribution in [0.1, 0.15) is 22.8 Å². The summed E-state index contributed by atoms with van der Waals surface area (Å²) in [5, 5.41) is 5.21. The number of amides is 2. The molecular formula is C19H22ClN3O5S. The minimum Gasteiger partial charge on any atom is -0.350 e. The second-order valence-electron chi connectivity index (χ2n) is 6.14. The molecular weight excluding hydrogens is 418 g/mol. The van der Waals surface area contributed by atoms with Gasteiger partial charge in [-0.3, -0.25) is 14.4 Å². The zero-order valence-corrected chi connectivity index (χ0v) is 17.8. The molecule has 0 aliphatic heterocycles. The van der Waals surface area contributed by atoms with E-state index in [-0.39, 0.29) is 21.4 Å². The Kier molecular flexibility index (Phi) is 7.74. The fourth-order valence-corrected chi connectivity index (χ4v) is 3.84. The Balaban J connectivity index is 2.08. The second kappa shape index (κ2) is 9.84. The van der Waals surface area contributed by atoms with Crippen LogP contribution in [0.25, 0.3) is 0 Å². The van der Waals surface area contributed by atoms with E-state index in [1.54, 1.807) is 0 Å². The minimum atomic E-state index is -4.04. The molecule has 0 aliphatic carbocycles. The molecule has 2 aromatic rings. The van der Waals surface area contributed by atoms with Crippen LogP contribution in [0.3, 0.4) is 0 Å². The Hall–Kier alpha value is -2.46. The molecule has 2 amide bonds. The van der Waals surface area contributed by atoms with Gasteiger partial charge in [0, 0.05) is 19.2 Å². The number of hydroxylamine groups is 1. The van der Waals surface area contributed by atoms with Gasteiger partial charge in [-0.05, 0) is 30.7 Å². The number of benzene rings is 2. The Labute approximate surface area is 174 Å². The van der Waals surface area contributed by atoms with E-state index < -0.39 is 22.0 Å². The SMILES string of the molecule is CON(C)S(=O)(=O)c1cc(C(=O)NC(C)C(=O)NCc2ccccc2)ccc1Cl. The quantitative estimate of drug-likeness (QED) is 0.612. The molecule has 0 radical (unpaired) electrons. The van der Waals surface area contributed by atoms with E-state index in [1.807, 2.05) is 30.3 Å². The minimum absolute atomic E-state index is 0.0418. The summed E-state index contributed by atoms with van der Waals surface area (Å²) in [6.07, 6.45) is 0. The number of nitrogens with zero attached hydrogens (tertiary/aromatic N) is 1. The predicted octanol–water partition coefficient (Wildman–Crippen LogP) is 1.96. The number of hydrogen-bond donors (Lipinski definition) is 2. The maximum Gasteiger partial charge on any atom is 0.266 e. The molecule has 0 fully saturated rings. The van der Waals surface area contributed by atoms with E-state index in [1.165, 1.54) is 33.2 Å². The van der Waals surface area contributed by atoms with Crippen molar-refractivity contribution in [1.29, 1.82) is 0 Å². The van der Waals surface area contributed by atoms with Crippen molar-refractivity contribution in [2.24, 2.45) is 0 Å². The monoisotopic (exact) mass is 439 g/mol. The van der Waals surface area contributed by atoms with Gasteiger partial charge < -0.3 is 10.6 Å². The Morgan fingerprint density at radius 2 is 1.83 bits per heavy atom. The standard InChI is InChI=1S/C19H22ClN3O5S/c1-13(18(24)21-12-14-7-5-4-6-8-14)22-19(25)15-9-10-16(20)17(11-15)29(26,27)23(2)28-3/h4-11,13H,12H2,1-3H3,(H,21,24)(H,22,25). The summed E-state index contributed by atoms with van der Waals surface area (Å²) in [7, 11) is -1.64. The molecule has 2 rings (SSSR count). The zero-order valence-electron chi connectivity index (χ0n) is 16.2. The lowest BCUT2D eigenvalue weighted by Crippen LogP contribution is -2.44. The molecule has 29 heavy (non-hydrogen) atoms.